The zero-order valence-corrected chi connectivity index (χ0v) is 26.2. The van der Waals surface area contributed by atoms with Gasteiger partial charge in [-0.25, -0.2) is 4.79 Å². The number of halogens is 1. The largest absolute Gasteiger partial charge is 0.496 e. The van der Waals surface area contributed by atoms with Crippen molar-refractivity contribution in [1.82, 2.24) is 10.2 Å². The van der Waals surface area contributed by atoms with Crippen LogP contribution in [-0.2, 0) is 26.3 Å². The van der Waals surface area contributed by atoms with Crippen LogP contribution in [0, 0.1) is 11.3 Å². The second-order valence-corrected chi connectivity index (χ2v) is 13.9. The van der Waals surface area contributed by atoms with Crippen LogP contribution in [0.5, 0.6) is 5.75 Å². The molecular weight excluding hydrogens is 572 g/mol. The molecule has 5 atom stereocenters. The van der Waals surface area contributed by atoms with Gasteiger partial charge in [-0.3, -0.25) is 4.79 Å². The number of likely N-dealkylation sites (tertiary alicyclic amines) is 1. The molecule has 0 aliphatic carbocycles. The van der Waals surface area contributed by atoms with Crippen molar-refractivity contribution in [3.63, 3.8) is 0 Å². The molecule has 2 aliphatic rings. The third-order valence-corrected chi connectivity index (χ3v) is 9.00. The number of aliphatic carboxylic acids is 1. The fraction of sp³-hybridized carbons (Fsp3) is 0.562. The third-order valence-electron chi connectivity index (χ3n) is 8.28. The minimum atomic E-state index is -1.02. The molecule has 2 aromatic carbocycles. The lowest BCUT2D eigenvalue weighted by Crippen LogP contribution is -2.50. The van der Waals surface area contributed by atoms with Crippen molar-refractivity contribution in [3.8, 4) is 5.75 Å². The first kappa shape index (κ1) is 30.5. The van der Waals surface area contributed by atoms with E-state index in [1.807, 2.05) is 30.3 Å². The summed E-state index contributed by atoms with van der Waals surface area (Å²) in [5.74, 6) is -0.869. The number of rotatable bonds is 7. The summed E-state index contributed by atoms with van der Waals surface area (Å²) in [5.41, 5.74) is 2.58. The predicted molar refractivity (Wildman–Crippen MR) is 159 cm³/mol. The number of ether oxygens (including phenoxy) is 2. The normalized spacial score (nSPS) is 25.3. The van der Waals surface area contributed by atoms with Gasteiger partial charge in [-0.05, 0) is 46.9 Å². The number of benzene rings is 2. The predicted octanol–water partition coefficient (Wildman–Crippen LogP) is 6.09. The van der Waals surface area contributed by atoms with Gasteiger partial charge in [0.05, 0.1) is 13.2 Å². The smallest absolute Gasteiger partial charge is 0.326 e. The topological polar surface area (TPSA) is 88.1 Å². The molecule has 2 heterocycles. The van der Waals surface area contributed by atoms with Gasteiger partial charge < -0.3 is 24.8 Å². The quantitative estimate of drug-likeness (QED) is 0.392. The van der Waals surface area contributed by atoms with Gasteiger partial charge in [-0.1, -0.05) is 87.8 Å². The van der Waals surface area contributed by atoms with E-state index in [4.69, 9.17) is 9.47 Å². The Hall–Kier alpha value is -2.42. The summed E-state index contributed by atoms with van der Waals surface area (Å²) in [4.78, 5) is 28.7. The van der Waals surface area contributed by atoms with Crippen molar-refractivity contribution in [2.24, 2.45) is 11.3 Å². The van der Waals surface area contributed by atoms with Gasteiger partial charge in [0.1, 0.15) is 17.9 Å². The van der Waals surface area contributed by atoms with Crippen molar-refractivity contribution < 1.29 is 24.2 Å². The molecule has 2 fully saturated rings. The third kappa shape index (κ3) is 6.09. The number of hydrogen-bond donors (Lipinski definition) is 2. The summed E-state index contributed by atoms with van der Waals surface area (Å²) in [7, 11) is 1.66. The maximum absolute atomic E-state index is 14.1. The number of carboxylic acid groups (broad SMARTS) is 1. The monoisotopic (exact) mass is 614 g/mol. The first-order valence-corrected chi connectivity index (χ1v) is 14.9. The van der Waals surface area contributed by atoms with Crippen molar-refractivity contribution in [3.05, 3.63) is 63.6 Å². The van der Waals surface area contributed by atoms with E-state index >= 15 is 0 Å². The minimum Gasteiger partial charge on any atom is -0.496 e. The Labute approximate surface area is 246 Å². The summed E-state index contributed by atoms with van der Waals surface area (Å²) in [6.45, 7) is 13.7. The number of hydrogen-bond acceptors (Lipinski definition) is 5. The van der Waals surface area contributed by atoms with Gasteiger partial charge in [-0.15, -0.1) is 0 Å². The zero-order valence-electron chi connectivity index (χ0n) is 24.7. The Balaban J connectivity index is 1.84. The molecule has 0 spiro atoms. The number of carboxylic acids is 1. The molecule has 8 heteroatoms. The Morgan fingerprint density at radius 1 is 1.12 bits per heavy atom. The average Bonchev–Trinajstić information content (AvgIpc) is 3.53. The molecule has 1 amide bonds. The van der Waals surface area contributed by atoms with E-state index < -0.39 is 29.6 Å². The molecule has 4 rings (SSSR count). The van der Waals surface area contributed by atoms with Crippen LogP contribution in [0.25, 0.3) is 0 Å². The number of nitrogens with one attached hydrogen (secondary N) is 1. The summed E-state index contributed by atoms with van der Waals surface area (Å²) in [6, 6.07) is 12.1. The molecule has 0 unspecified atom stereocenters. The van der Waals surface area contributed by atoms with Crippen LogP contribution >= 0.6 is 15.9 Å². The number of nitrogens with zero attached hydrogens (tertiary/aromatic N) is 1. The van der Waals surface area contributed by atoms with Gasteiger partial charge in [0.2, 0.25) is 0 Å². The molecule has 7 nitrogen and oxygen atoms in total. The van der Waals surface area contributed by atoms with Gasteiger partial charge in [0.25, 0.3) is 5.91 Å². The molecule has 2 aromatic rings. The van der Waals surface area contributed by atoms with Crippen molar-refractivity contribution in [2.75, 3.05) is 13.7 Å². The summed E-state index contributed by atoms with van der Waals surface area (Å²) >= 11 is 3.71. The number of methoxy groups -OCH3 is 1. The lowest BCUT2D eigenvalue weighted by Gasteiger charge is -2.35. The first-order valence-electron chi connectivity index (χ1n) is 14.1. The van der Waals surface area contributed by atoms with E-state index in [2.05, 4.69) is 74.9 Å². The number of amides is 1. The second kappa shape index (κ2) is 11.8. The SMILES string of the molecule is COc1ccc(C(C)(C)C)cc1CN[C@H]1[C@H](C(C)(C)C)[C@@H](C(=O)O)N(C(=O)[C@@H]2CCCO2)[C@H]1c1ccccc1Br. The van der Waals surface area contributed by atoms with Crippen LogP contribution in [0.4, 0.5) is 0 Å². The van der Waals surface area contributed by atoms with Crippen molar-refractivity contribution in [2.45, 2.75) is 90.6 Å². The van der Waals surface area contributed by atoms with Crippen LogP contribution in [0.3, 0.4) is 0 Å². The molecule has 2 saturated heterocycles. The minimum absolute atomic E-state index is 0.0430. The second-order valence-electron chi connectivity index (χ2n) is 13.1. The summed E-state index contributed by atoms with van der Waals surface area (Å²) < 4.78 is 12.4. The highest BCUT2D eigenvalue weighted by Gasteiger charge is 2.59. The van der Waals surface area contributed by atoms with E-state index in [9.17, 15) is 14.7 Å². The van der Waals surface area contributed by atoms with E-state index in [0.29, 0.717) is 19.6 Å². The maximum Gasteiger partial charge on any atom is 0.326 e. The van der Waals surface area contributed by atoms with Crippen LogP contribution in [0.2, 0.25) is 0 Å². The average molecular weight is 616 g/mol. The van der Waals surface area contributed by atoms with Crippen molar-refractivity contribution in [1.29, 1.82) is 0 Å². The van der Waals surface area contributed by atoms with Gasteiger partial charge in [-0.2, -0.15) is 0 Å². The Morgan fingerprint density at radius 2 is 1.82 bits per heavy atom. The Morgan fingerprint density at radius 3 is 2.38 bits per heavy atom. The van der Waals surface area contributed by atoms with Crippen LogP contribution in [0.15, 0.2) is 46.9 Å². The van der Waals surface area contributed by atoms with Crippen LogP contribution < -0.4 is 10.1 Å². The Bertz CT molecular complexity index is 1230. The summed E-state index contributed by atoms with van der Waals surface area (Å²) in [5, 5.41) is 14.4. The lowest BCUT2D eigenvalue weighted by molar-refractivity contribution is -0.156. The van der Waals surface area contributed by atoms with E-state index in [-0.39, 0.29) is 23.3 Å². The molecule has 0 bridgehead atoms. The zero-order chi connectivity index (χ0) is 29.4. The number of carbonyl (C=O) groups is 2. The van der Waals surface area contributed by atoms with Crippen LogP contribution in [-0.4, -0.2) is 53.8 Å². The highest BCUT2D eigenvalue weighted by molar-refractivity contribution is 9.10. The molecule has 0 aromatic heterocycles. The van der Waals surface area contributed by atoms with Gasteiger partial charge >= 0.3 is 5.97 Å². The maximum atomic E-state index is 14.1. The molecule has 40 heavy (non-hydrogen) atoms. The van der Waals surface area contributed by atoms with E-state index in [0.717, 1.165) is 27.8 Å². The molecular formula is C32H43BrN2O5. The molecule has 218 valence electrons. The summed E-state index contributed by atoms with van der Waals surface area (Å²) in [6.07, 6.45) is 0.754. The van der Waals surface area contributed by atoms with Crippen LogP contribution in [0.1, 0.15) is 77.1 Å². The highest BCUT2D eigenvalue weighted by atomic mass is 79.9. The fourth-order valence-electron chi connectivity index (χ4n) is 6.32. The molecule has 0 saturated carbocycles. The molecule has 2 N–H and O–H groups in total. The van der Waals surface area contributed by atoms with Gasteiger partial charge in [0.15, 0.2) is 0 Å². The van der Waals surface area contributed by atoms with Gasteiger partial charge in [0, 0.05) is 35.1 Å². The highest BCUT2D eigenvalue weighted by Crippen LogP contribution is 2.50. The standard InChI is InChI=1S/C32H43BrN2O5/c1-31(2,3)20-14-15-23(39-7)19(17-20)18-34-26-25(32(4,5)6)28(30(37)38)35(29(36)24-13-10-16-40-24)27(26)21-11-8-9-12-22(21)33/h8-9,11-12,14-15,17,24-28,34H,10,13,16,18H2,1-7H3,(H,37,38)/t24-,25-,26-,27-,28-/m0/s1. The van der Waals surface area contributed by atoms with E-state index in [1.54, 1.807) is 12.0 Å². The van der Waals surface area contributed by atoms with E-state index in [1.165, 1.54) is 5.56 Å². The lowest BCUT2D eigenvalue weighted by atomic mass is 9.72. The van der Waals surface area contributed by atoms with Crippen molar-refractivity contribution >= 4 is 27.8 Å². The molecule has 2 aliphatic heterocycles. The fourth-order valence-corrected chi connectivity index (χ4v) is 6.84. The molecule has 0 radical (unpaired) electrons. The number of carbonyl (C=O) groups excluding carboxylic acids is 1. The first-order chi connectivity index (χ1) is 18.8. The Kier molecular flexibility index (Phi) is 9.03.